The van der Waals surface area contributed by atoms with Gasteiger partial charge >= 0.3 is 0 Å². The molecule has 1 amide bonds. The fourth-order valence-corrected chi connectivity index (χ4v) is 3.42. The van der Waals surface area contributed by atoms with Gasteiger partial charge in [-0.05, 0) is 24.1 Å². The Morgan fingerprint density at radius 3 is 2.93 bits per heavy atom. The molecule has 140 valence electrons. The molecule has 0 saturated heterocycles. The van der Waals surface area contributed by atoms with Gasteiger partial charge in [0.15, 0.2) is 5.82 Å². The van der Waals surface area contributed by atoms with Crippen molar-refractivity contribution in [2.75, 3.05) is 20.8 Å². The van der Waals surface area contributed by atoms with Gasteiger partial charge in [-0.25, -0.2) is 4.98 Å². The predicted molar refractivity (Wildman–Crippen MR) is 98.7 cm³/mol. The van der Waals surface area contributed by atoms with E-state index in [0.29, 0.717) is 36.8 Å². The van der Waals surface area contributed by atoms with Crippen LogP contribution in [0.2, 0.25) is 0 Å². The molecule has 3 aromatic rings. The molecule has 0 saturated carbocycles. The highest BCUT2D eigenvalue weighted by molar-refractivity contribution is 5.94. The van der Waals surface area contributed by atoms with Crippen LogP contribution in [0.15, 0.2) is 30.3 Å². The molecule has 1 aliphatic heterocycles. The highest BCUT2D eigenvalue weighted by atomic mass is 16.5. The van der Waals surface area contributed by atoms with Crippen LogP contribution in [0.5, 0.6) is 5.75 Å². The van der Waals surface area contributed by atoms with Gasteiger partial charge in [0, 0.05) is 25.3 Å². The number of carbonyl (C=O) groups is 1. The Morgan fingerprint density at radius 2 is 2.11 bits per heavy atom. The number of carbonyl (C=O) groups excluding carboxylic acids is 1. The first-order chi connectivity index (χ1) is 13.2. The van der Waals surface area contributed by atoms with Crippen LogP contribution in [0.4, 0.5) is 0 Å². The maximum atomic E-state index is 12.5. The third-order valence-electron chi connectivity index (χ3n) is 4.71. The zero-order chi connectivity index (χ0) is 18.8. The van der Waals surface area contributed by atoms with Crippen molar-refractivity contribution >= 4 is 5.91 Å². The second-order valence-electron chi connectivity index (χ2n) is 6.48. The van der Waals surface area contributed by atoms with Gasteiger partial charge in [0.25, 0.3) is 5.91 Å². The average molecular weight is 367 g/mol. The first-order valence-electron chi connectivity index (χ1n) is 8.73. The molecule has 8 heteroatoms. The molecule has 0 fully saturated rings. The lowest BCUT2D eigenvalue weighted by Gasteiger charge is -2.17. The summed E-state index contributed by atoms with van der Waals surface area (Å²) < 4.78 is 10.6. The quantitative estimate of drug-likeness (QED) is 0.640. The number of ether oxygens (including phenoxy) is 2. The number of fused-ring (bicyclic) bond motifs is 1. The van der Waals surface area contributed by atoms with Crippen molar-refractivity contribution < 1.29 is 14.3 Å². The standard InChI is InChI=1S/C19H21N5O3/c1-26-10-12-8-15(24-23-12)18-21-14-7-11(9-20-19(25)17(14)22-18)13-5-3-4-6-16(13)27-2/h3-6,8,11H,7,9-10H2,1-2H3,(H,20,25)(H,21,22)(H,23,24)/t11-/m1/s1. The van der Waals surface area contributed by atoms with E-state index in [0.717, 1.165) is 22.7 Å². The van der Waals surface area contributed by atoms with Gasteiger partial charge in [0.1, 0.15) is 17.1 Å². The number of nitrogens with zero attached hydrogens (tertiary/aromatic N) is 2. The lowest BCUT2D eigenvalue weighted by Crippen LogP contribution is -2.26. The van der Waals surface area contributed by atoms with Crippen LogP contribution in [-0.4, -0.2) is 46.8 Å². The number of amides is 1. The van der Waals surface area contributed by atoms with Gasteiger partial charge in [-0.3, -0.25) is 9.89 Å². The first kappa shape index (κ1) is 17.3. The number of aromatic amines is 2. The molecule has 0 aliphatic carbocycles. The fraction of sp³-hybridized carbons (Fsp3) is 0.316. The number of nitrogens with one attached hydrogen (secondary N) is 3. The number of hydrogen-bond donors (Lipinski definition) is 3. The van der Waals surface area contributed by atoms with Crippen molar-refractivity contribution in [2.45, 2.75) is 18.9 Å². The molecule has 1 atom stereocenters. The van der Waals surface area contributed by atoms with Crippen LogP contribution in [-0.2, 0) is 17.8 Å². The number of benzene rings is 1. The average Bonchev–Trinajstić information content (AvgIpc) is 3.29. The highest BCUT2D eigenvalue weighted by Gasteiger charge is 2.28. The van der Waals surface area contributed by atoms with Crippen LogP contribution < -0.4 is 10.1 Å². The molecule has 0 unspecified atom stereocenters. The molecule has 0 spiro atoms. The molecule has 1 aliphatic rings. The summed E-state index contributed by atoms with van der Waals surface area (Å²) >= 11 is 0. The monoisotopic (exact) mass is 367 g/mol. The summed E-state index contributed by atoms with van der Waals surface area (Å²) in [6.45, 7) is 0.961. The SMILES string of the molecule is COCc1cc(-c2nc3c([nH]2)C[C@@H](c2ccccc2OC)CNC3=O)n[nH]1. The van der Waals surface area contributed by atoms with E-state index >= 15 is 0 Å². The summed E-state index contributed by atoms with van der Waals surface area (Å²) in [6, 6.07) is 9.74. The largest absolute Gasteiger partial charge is 0.496 e. The summed E-state index contributed by atoms with van der Waals surface area (Å²) in [4.78, 5) is 20.3. The minimum absolute atomic E-state index is 0.0860. The Hall–Kier alpha value is -3.13. The Balaban J connectivity index is 1.66. The third-order valence-corrected chi connectivity index (χ3v) is 4.71. The minimum Gasteiger partial charge on any atom is -0.496 e. The van der Waals surface area contributed by atoms with E-state index in [1.807, 2.05) is 30.3 Å². The van der Waals surface area contributed by atoms with E-state index in [1.165, 1.54) is 0 Å². The molecule has 3 N–H and O–H groups in total. The Kier molecular flexibility index (Phi) is 4.64. The van der Waals surface area contributed by atoms with Crippen LogP contribution in [0.3, 0.4) is 0 Å². The van der Waals surface area contributed by atoms with Crippen LogP contribution in [0.1, 0.15) is 33.4 Å². The number of methoxy groups -OCH3 is 2. The molecule has 4 rings (SSSR count). The Labute approximate surface area is 156 Å². The van der Waals surface area contributed by atoms with Gasteiger partial charge in [-0.2, -0.15) is 5.10 Å². The summed E-state index contributed by atoms with van der Waals surface area (Å²) in [5.41, 5.74) is 3.77. The van der Waals surface area contributed by atoms with Gasteiger partial charge in [-0.1, -0.05) is 18.2 Å². The molecule has 27 heavy (non-hydrogen) atoms. The lowest BCUT2D eigenvalue weighted by atomic mass is 9.93. The zero-order valence-electron chi connectivity index (χ0n) is 15.2. The van der Waals surface area contributed by atoms with Gasteiger partial charge < -0.3 is 19.8 Å². The van der Waals surface area contributed by atoms with Gasteiger partial charge in [0.2, 0.25) is 0 Å². The molecule has 0 radical (unpaired) electrons. The number of imidazole rings is 1. The van der Waals surface area contributed by atoms with Crippen molar-refractivity contribution in [1.82, 2.24) is 25.5 Å². The summed E-state index contributed by atoms with van der Waals surface area (Å²) in [7, 11) is 3.28. The van der Waals surface area contributed by atoms with E-state index in [9.17, 15) is 4.79 Å². The molecule has 2 aromatic heterocycles. The second kappa shape index (κ2) is 7.24. The molecular weight excluding hydrogens is 346 g/mol. The van der Waals surface area contributed by atoms with E-state index < -0.39 is 0 Å². The Morgan fingerprint density at radius 1 is 1.26 bits per heavy atom. The summed E-state index contributed by atoms with van der Waals surface area (Å²) in [5, 5.41) is 10.1. The van der Waals surface area contributed by atoms with Crippen molar-refractivity contribution in [1.29, 1.82) is 0 Å². The molecular formula is C19H21N5O3. The minimum atomic E-state index is -0.183. The smallest absolute Gasteiger partial charge is 0.271 e. The second-order valence-corrected chi connectivity index (χ2v) is 6.48. The summed E-state index contributed by atoms with van der Waals surface area (Å²) in [6.07, 6.45) is 0.650. The molecule has 1 aromatic carbocycles. The van der Waals surface area contributed by atoms with Crippen molar-refractivity contribution in [3.8, 4) is 17.3 Å². The van der Waals surface area contributed by atoms with Crippen molar-refractivity contribution in [2.24, 2.45) is 0 Å². The molecule has 8 nitrogen and oxygen atoms in total. The van der Waals surface area contributed by atoms with Crippen molar-refractivity contribution in [3.05, 3.63) is 53.0 Å². The van der Waals surface area contributed by atoms with Gasteiger partial charge in [-0.15, -0.1) is 0 Å². The normalized spacial score (nSPS) is 16.5. The van der Waals surface area contributed by atoms with Gasteiger partial charge in [0.05, 0.1) is 19.4 Å². The maximum absolute atomic E-state index is 12.5. The zero-order valence-corrected chi connectivity index (χ0v) is 15.2. The van der Waals surface area contributed by atoms with E-state index in [2.05, 4.69) is 25.5 Å². The van der Waals surface area contributed by atoms with Crippen LogP contribution >= 0.6 is 0 Å². The highest BCUT2D eigenvalue weighted by Crippen LogP contribution is 2.31. The van der Waals surface area contributed by atoms with Crippen molar-refractivity contribution in [3.63, 3.8) is 0 Å². The van der Waals surface area contributed by atoms with E-state index in [1.54, 1.807) is 14.2 Å². The van der Waals surface area contributed by atoms with Crippen LogP contribution in [0.25, 0.3) is 11.5 Å². The number of hydrogen-bond acceptors (Lipinski definition) is 5. The van der Waals surface area contributed by atoms with E-state index in [4.69, 9.17) is 9.47 Å². The number of aromatic nitrogens is 4. The number of rotatable bonds is 5. The third kappa shape index (κ3) is 3.31. The van der Waals surface area contributed by atoms with Crippen LogP contribution in [0, 0.1) is 0 Å². The first-order valence-corrected chi connectivity index (χ1v) is 8.73. The Bertz CT molecular complexity index is 962. The topological polar surface area (TPSA) is 105 Å². The predicted octanol–water partition coefficient (Wildman–Crippen LogP) is 2.02. The molecule has 0 bridgehead atoms. The fourth-order valence-electron chi connectivity index (χ4n) is 3.42. The lowest BCUT2D eigenvalue weighted by molar-refractivity contribution is 0.0950. The molecule has 3 heterocycles. The number of H-pyrrole nitrogens is 2. The maximum Gasteiger partial charge on any atom is 0.271 e. The number of para-hydroxylation sites is 1. The van der Waals surface area contributed by atoms with E-state index in [-0.39, 0.29) is 11.8 Å². The summed E-state index contributed by atoms with van der Waals surface area (Å²) in [5.74, 6) is 1.28.